The van der Waals surface area contributed by atoms with Gasteiger partial charge >= 0.3 is 0 Å². The highest BCUT2D eigenvalue weighted by Crippen LogP contribution is 2.16. The Bertz CT molecular complexity index is 623. The quantitative estimate of drug-likeness (QED) is 0.766. The summed E-state index contributed by atoms with van der Waals surface area (Å²) in [6.07, 6.45) is 2.59. The number of pyridine rings is 1. The number of carbonyl (C=O) groups excluding carboxylic acids is 2. The third kappa shape index (κ3) is 2.86. The molecule has 2 aromatic rings. The Balaban J connectivity index is 2.15. The van der Waals surface area contributed by atoms with E-state index in [1.54, 1.807) is 12.1 Å². The number of nitrogens with one attached hydrogen (secondary N) is 1. The number of aromatic nitrogens is 1. The molecule has 0 unspecified atom stereocenters. The van der Waals surface area contributed by atoms with Gasteiger partial charge in [0.05, 0.1) is 11.8 Å². The molecule has 1 aromatic carbocycles. The molecule has 0 aliphatic heterocycles. The molecule has 2 amide bonds. The van der Waals surface area contributed by atoms with Crippen molar-refractivity contribution in [2.75, 3.05) is 5.32 Å². The van der Waals surface area contributed by atoms with Crippen LogP contribution in [0.3, 0.4) is 0 Å². The van der Waals surface area contributed by atoms with E-state index in [0.717, 1.165) is 0 Å². The van der Waals surface area contributed by atoms with E-state index in [0.29, 0.717) is 11.3 Å². The minimum absolute atomic E-state index is 0.119. The van der Waals surface area contributed by atoms with Crippen LogP contribution in [0.4, 0.5) is 5.69 Å². The topological polar surface area (TPSA) is 105 Å². The van der Waals surface area contributed by atoms with Crippen LogP contribution in [0, 0.1) is 0 Å². The first kappa shape index (κ1) is 12.6. The minimum atomic E-state index is -0.537. The third-order valence-corrected chi connectivity index (χ3v) is 2.47. The van der Waals surface area contributed by atoms with Gasteiger partial charge in [0, 0.05) is 17.4 Å². The fourth-order valence-corrected chi connectivity index (χ4v) is 1.49. The molecule has 6 heteroatoms. The number of hydrogen-bond acceptors (Lipinski definition) is 4. The largest absolute Gasteiger partial charge is 0.505 e. The molecule has 0 fully saturated rings. The van der Waals surface area contributed by atoms with Gasteiger partial charge in [0.2, 0.25) is 5.91 Å². The van der Waals surface area contributed by atoms with Gasteiger partial charge in [-0.05, 0) is 30.3 Å². The number of carbonyl (C=O) groups is 2. The van der Waals surface area contributed by atoms with Crippen LogP contribution in [0.25, 0.3) is 0 Å². The highest BCUT2D eigenvalue weighted by atomic mass is 16.3. The van der Waals surface area contributed by atoms with E-state index in [9.17, 15) is 14.7 Å². The van der Waals surface area contributed by atoms with E-state index in [1.807, 2.05) is 0 Å². The zero-order valence-electron chi connectivity index (χ0n) is 9.83. The van der Waals surface area contributed by atoms with E-state index in [2.05, 4.69) is 10.3 Å². The number of amides is 2. The van der Waals surface area contributed by atoms with Gasteiger partial charge < -0.3 is 16.2 Å². The van der Waals surface area contributed by atoms with E-state index in [4.69, 9.17) is 5.73 Å². The van der Waals surface area contributed by atoms with Crippen molar-refractivity contribution in [3.05, 3.63) is 53.9 Å². The first-order chi connectivity index (χ1) is 9.08. The van der Waals surface area contributed by atoms with Gasteiger partial charge in [-0.15, -0.1) is 0 Å². The predicted octanol–water partition coefficient (Wildman–Crippen LogP) is 1.14. The van der Waals surface area contributed by atoms with Crippen molar-refractivity contribution in [2.45, 2.75) is 0 Å². The molecule has 0 atom stereocenters. The summed E-state index contributed by atoms with van der Waals surface area (Å²) in [5.41, 5.74) is 6.07. The zero-order chi connectivity index (χ0) is 13.8. The predicted molar refractivity (Wildman–Crippen MR) is 68.8 cm³/mol. The fraction of sp³-hybridized carbons (Fsp3) is 0. The Morgan fingerprint density at radius 1 is 1.16 bits per heavy atom. The number of nitrogens with two attached hydrogens (primary N) is 1. The van der Waals surface area contributed by atoms with Crippen LogP contribution in [0.5, 0.6) is 5.75 Å². The van der Waals surface area contributed by atoms with Crippen LogP contribution in [0.2, 0.25) is 0 Å². The van der Waals surface area contributed by atoms with Crippen molar-refractivity contribution in [1.29, 1.82) is 0 Å². The first-order valence-corrected chi connectivity index (χ1v) is 5.42. The molecule has 0 aliphatic carbocycles. The monoisotopic (exact) mass is 257 g/mol. The molecule has 0 saturated heterocycles. The summed E-state index contributed by atoms with van der Waals surface area (Å²) in [5, 5.41) is 12.1. The van der Waals surface area contributed by atoms with E-state index in [1.165, 1.54) is 30.6 Å². The van der Waals surface area contributed by atoms with Gasteiger partial charge in [-0.2, -0.15) is 0 Å². The SMILES string of the molecule is NC(=O)c1ccc(NC(=O)c2ccncc2O)cc1. The molecular formula is C13H11N3O3. The Kier molecular flexibility index (Phi) is 3.42. The molecule has 2 rings (SSSR count). The van der Waals surface area contributed by atoms with Crippen molar-refractivity contribution >= 4 is 17.5 Å². The summed E-state index contributed by atoms with van der Waals surface area (Å²) in [5.74, 6) is -1.20. The lowest BCUT2D eigenvalue weighted by Crippen LogP contribution is -2.13. The van der Waals surface area contributed by atoms with Gasteiger partial charge in [-0.3, -0.25) is 14.6 Å². The van der Waals surface area contributed by atoms with Gasteiger partial charge in [0.25, 0.3) is 5.91 Å². The summed E-state index contributed by atoms with van der Waals surface area (Å²) >= 11 is 0. The molecule has 19 heavy (non-hydrogen) atoms. The van der Waals surface area contributed by atoms with Crippen LogP contribution in [0.1, 0.15) is 20.7 Å². The highest BCUT2D eigenvalue weighted by Gasteiger charge is 2.11. The van der Waals surface area contributed by atoms with Crippen molar-refractivity contribution in [2.24, 2.45) is 5.73 Å². The molecule has 0 spiro atoms. The maximum atomic E-state index is 11.9. The van der Waals surface area contributed by atoms with Crippen LogP contribution in [-0.2, 0) is 0 Å². The van der Waals surface area contributed by atoms with E-state index >= 15 is 0 Å². The third-order valence-electron chi connectivity index (χ3n) is 2.47. The minimum Gasteiger partial charge on any atom is -0.505 e. The standard InChI is InChI=1S/C13H11N3O3/c14-12(18)8-1-3-9(4-2-8)16-13(19)10-5-6-15-7-11(10)17/h1-7,17H,(H2,14,18)(H,16,19). The van der Waals surface area contributed by atoms with Crippen LogP contribution in [-0.4, -0.2) is 21.9 Å². The average molecular weight is 257 g/mol. The summed E-state index contributed by atoms with van der Waals surface area (Å²) in [7, 11) is 0. The smallest absolute Gasteiger partial charge is 0.259 e. The van der Waals surface area contributed by atoms with Crippen LogP contribution < -0.4 is 11.1 Å². The maximum absolute atomic E-state index is 11.9. The summed E-state index contributed by atoms with van der Waals surface area (Å²) in [4.78, 5) is 26.4. The van der Waals surface area contributed by atoms with Gasteiger partial charge in [-0.25, -0.2) is 0 Å². The Hall–Kier alpha value is -2.89. The highest BCUT2D eigenvalue weighted by molar-refractivity contribution is 6.06. The molecule has 0 radical (unpaired) electrons. The molecular weight excluding hydrogens is 246 g/mol. The second kappa shape index (κ2) is 5.18. The Morgan fingerprint density at radius 2 is 1.84 bits per heavy atom. The number of rotatable bonds is 3. The van der Waals surface area contributed by atoms with Gasteiger partial charge in [0.1, 0.15) is 5.75 Å². The van der Waals surface area contributed by atoms with Crippen molar-refractivity contribution in [3.8, 4) is 5.75 Å². The number of primary amides is 1. The van der Waals surface area contributed by atoms with E-state index < -0.39 is 11.8 Å². The number of hydrogen-bond donors (Lipinski definition) is 3. The normalized spacial score (nSPS) is 9.89. The van der Waals surface area contributed by atoms with Crippen LogP contribution in [0.15, 0.2) is 42.7 Å². The number of anilines is 1. The zero-order valence-corrected chi connectivity index (χ0v) is 9.83. The van der Waals surface area contributed by atoms with Crippen LogP contribution >= 0.6 is 0 Å². The molecule has 4 N–H and O–H groups in total. The summed E-state index contributed by atoms with van der Waals surface area (Å²) in [6, 6.07) is 7.52. The molecule has 96 valence electrons. The molecule has 0 aliphatic rings. The fourth-order valence-electron chi connectivity index (χ4n) is 1.49. The number of benzene rings is 1. The lowest BCUT2D eigenvalue weighted by molar-refractivity contribution is 0.0998. The molecule has 0 saturated carbocycles. The van der Waals surface area contributed by atoms with E-state index in [-0.39, 0.29) is 11.3 Å². The average Bonchev–Trinajstić information content (AvgIpc) is 2.39. The van der Waals surface area contributed by atoms with Crippen molar-refractivity contribution < 1.29 is 14.7 Å². The Labute approximate surface area is 108 Å². The van der Waals surface area contributed by atoms with Crippen molar-refractivity contribution in [3.63, 3.8) is 0 Å². The molecule has 0 bridgehead atoms. The summed E-state index contributed by atoms with van der Waals surface area (Å²) < 4.78 is 0. The Morgan fingerprint density at radius 3 is 2.42 bits per heavy atom. The van der Waals surface area contributed by atoms with Gasteiger partial charge in [-0.1, -0.05) is 0 Å². The second-order valence-corrected chi connectivity index (χ2v) is 3.79. The maximum Gasteiger partial charge on any atom is 0.259 e. The van der Waals surface area contributed by atoms with Crippen molar-refractivity contribution in [1.82, 2.24) is 4.98 Å². The number of nitrogens with zero attached hydrogens (tertiary/aromatic N) is 1. The lowest BCUT2D eigenvalue weighted by Gasteiger charge is -2.06. The molecule has 1 heterocycles. The molecule has 1 aromatic heterocycles. The number of aromatic hydroxyl groups is 1. The lowest BCUT2D eigenvalue weighted by atomic mass is 10.2. The summed E-state index contributed by atoms with van der Waals surface area (Å²) in [6.45, 7) is 0. The second-order valence-electron chi connectivity index (χ2n) is 3.79. The molecule has 6 nitrogen and oxygen atoms in total. The first-order valence-electron chi connectivity index (χ1n) is 5.42. The van der Waals surface area contributed by atoms with Gasteiger partial charge in [0.15, 0.2) is 0 Å².